The van der Waals surface area contributed by atoms with E-state index in [1.165, 1.54) is 40.0 Å². The Balaban J connectivity index is 0.000000489. The highest BCUT2D eigenvalue weighted by molar-refractivity contribution is 8.82. The first kappa shape index (κ1) is 86.9. The molecule has 0 aliphatic heterocycles. The van der Waals surface area contributed by atoms with Crippen molar-refractivity contribution in [3.05, 3.63) is 58.7 Å². The van der Waals surface area contributed by atoms with Crippen molar-refractivity contribution in [2.45, 2.75) is 105 Å². The first-order valence-corrected chi connectivity index (χ1v) is 88.4. The van der Waals surface area contributed by atoms with Gasteiger partial charge in [0, 0.05) is 466 Å². The summed E-state index contributed by atoms with van der Waals surface area (Å²) in [6.07, 6.45) is 0. The van der Waals surface area contributed by atoms with Gasteiger partial charge in [-0.05, 0) is 79.0 Å². The molecular formula is C30H42OS52. The van der Waals surface area contributed by atoms with E-state index in [1.54, 1.807) is 107 Å². The van der Waals surface area contributed by atoms with Crippen LogP contribution in [0, 0.1) is 10.8 Å². The molecule has 2 aliphatic carbocycles. The number of ether oxygens (including phenoxy) is 1. The molecule has 2 aromatic carbocycles. The summed E-state index contributed by atoms with van der Waals surface area (Å²) in [6.45, 7) is 28.7. The van der Waals surface area contributed by atoms with Crippen LogP contribution in [0.3, 0.4) is 0 Å². The standard InChI is InChI=1S/C30H42O.S52/c1-25(2)21-15-13-19(17-23(21)27(5,6)29(25,9)10)31-20-14-16-22-24(18-20)28(7,8)30(11,12)26(22,3)4;1-3-5-7-9-11-13-15-17-19-21-23-25-27-29-31-33-35-37-39-41-43-45-47-49-51-52-50-48-46-44-42-40-38-36-34-32-30-28-26-24-22-20-18-16-14-12-10-8-6-4-2/h13-18H,1-12H3;. The van der Waals surface area contributed by atoms with Crippen LogP contribution in [-0.2, 0) is 488 Å². The van der Waals surface area contributed by atoms with Crippen LogP contribution in [0.25, 0.3) is 0 Å². The summed E-state index contributed by atoms with van der Waals surface area (Å²) in [5.74, 6) is 1.88. The Morgan fingerprint density at radius 1 is 0.217 bits per heavy atom. The van der Waals surface area contributed by atoms with Crippen LogP contribution >= 0.6 is 0 Å². The van der Waals surface area contributed by atoms with Crippen molar-refractivity contribution in [2.75, 3.05) is 0 Å². The van der Waals surface area contributed by atoms with E-state index in [4.69, 9.17) is 27.1 Å². The molecule has 2 aromatic rings. The normalized spacial score (nSPS) is 14.2. The molecule has 0 spiro atoms. The first-order valence-electron chi connectivity index (χ1n) is 20.4. The minimum atomic E-state index is 0.0825. The van der Waals surface area contributed by atoms with Crippen molar-refractivity contribution in [1.82, 2.24) is 0 Å². The van der Waals surface area contributed by atoms with E-state index in [9.17, 15) is 0 Å². The van der Waals surface area contributed by atoms with Crippen LogP contribution in [0.2, 0.25) is 0 Å². The highest BCUT2D eigenvalue weighted by Gasteiger charge is 2.58. The van der Waals surface area contributed by atoms with Gasteiger partial charge in [0.05, 0.1) is 0 Å². The molecule has 0 unspecified atom stereocenters. The van der Waals surface area contributed by atoms with Gasteiger partial charge in [-0.15, -0.1) is 0 Å². The van der Waals surface area contributed by atoms with Crippen LogP contribution in [0.5, 0.6) is 11.5 Å². The molecule has 0 aromatic heterocycles. The van der Waals surface area contributed by atoms with E-state index < -0.39 is 0 Å². The summed E-state index contributed by atoms with van der Waals surface area (Å²) in [4.78, 5) is 0. The predicted molar refractivity (Wildman–Crippen MR) is 516 cm³/mol. The van der Waals surface area contributed by atoms with Crippen molar-refractivity contribution in [3.63, 3.8) is 0 Å². The monoisotopic (exact) mass is 2080 g/mol. The maximum atomic E-state index is 6.49. The van der Waals surface area contributed by atoms with Gasteiger partial charge < -0.3 is 4.74 Å². The van der Waals surface area contributed by atoms with Crippen molar-refractivity contribution < 1.29 is 4.74 Å². The van der Waals surface area contributed by atoms with Crippen molar-refractivity contribution >= 4 is 466 Å². The van der Waals surface area contributed by atoms with Gasteiger partial charge in [0.25, 0.3) is 0 Å². The Kier molecular flexibility index (Phi) is 54.2. The zero-order valence-electron chi connectivity index (χ0n) is 43.1. The van der Waals surface area contributed by atoms with E-state index >= 15 is 0 Å². The Bertz CT molecular complexity index is 4960. The number of hydrogen-bond donors (Lipinski definition) is 0. The Labute approximate surface area is 641 Å². The summed E-state index contributed by atoms with van der Waals surface area (Å²) in [6, 6.07) is 13.5. The van der Waals surface area contributed by atoms with E-state index in [2.05, 4.69) is 119 Å². The molecule has 0 fully saturated rings. The first-order chi connectivity index (χ1) is 39.8. The average Bonchev–Trinajstić information content (AvgIpc) is 1.64. The molecule has 0 N–H and O–H groups in total. The summed E-state index contributed by atoms with van der Waals surface area (Å²) < 4.78 is 6.49. The van der Waals surface area contributed by atoms with Crippen molar-refractivity contribution in [1.29, 1.82) is 0 Å². The van der Waals surface area contributed by atoms with Crippen molar-refractivity contribution in [2.24, 2.45) is 10.8 Å². The van der Waals surface area contributed by atoms with Gasteiger partial charge in [-0.25, -0.2) is 0 Å². The summed E-state index contributed by atoms with van der Waals surface area (Å²) in [5.41, 5.74) is 6.48. The Morgan fingerprint density at radius 2 is 0.361 bits per heavy atom. The predicted octanol–water partition coefficient (Wildman–Crippen LogP) is 8.54. The molecular weight excluding hydrogens is 2040 g/mol. The molecule has 83 heavy (non-hydrogen) atoms. The molecule has 0 amide bonds. The van der Waals surface area contributed by atoms with E-state index in [1.807, 2.05) is 320 Å². The number of fused-ring (bicyclic) bond motifs is 2. The van der Waals surface area contributed by atoms with E-state index in [0.29, 0.717) is 0 Å². The van der Waals surface area contributed by atoms with Gasteiger partial charge in [-0.1, -0.05) is 95.2 Å². The minimum Gasteiger partial charge on any atom is -0.457 e. The van der Waals surface area contributed by atoms with Crippen LogP contribution in [-0.4, -0.2) is 0 Å². The van der Waals surface area contributed by atoms with Gasteiger partial charge in [0.2, 0.25) is 0 Å². The topological polar surface area (TPSA) is 9.23 Å². The van der Waals surface area contributed by atoms with Crippen LogP contribution in [0.1, 0.15) is 105 Å². The van der Waals surface area contributed by atoms with Gasteiger partial charge >= 0.3 is 0 Å². The third kappa shape index (κ3) is 33.4. The van der Waals surface area contributed by atoms with Gasteiger partial charge in [-0.3, -0.25) is 0 Å². The number of hydrogen-bond acceptors (Lipinski definition) is 3. The molecule has 0 saturated heterocycles. The molecule has 2 aliphatic rings. The third-order valence-electron chi connectivity index (χ3n) is 12.5. The summed E-state index contributed by atoms with van der Waals surface area (Å²) >= 11 is 9.63. The lowest BCUT2D eigenvalue weighted by atomic mass is 9.59. The molecule has 0 radical (unpaired) electrons. The van der Waals surface area contributed by atoms with Crippen LogP contribution in [0.4, 0.5) is 0 Å². The molecule has 0 saturated carbocycles. The lowest BCUT2D eigenvalue weighted by Crippen LogP contribution is -2.42. The molecule has 0 atom stereocenters. The SMILES string of the molecule is CC1(C)c2ccc(Oc3ccc4c(c3)C(C)(C)C(C)(C)C4(C)C)cc2C(C)(C)C1(C)C.S=S=S=S=S=S=S=S=S=S=S=S=S=S=S=S=S=S=S=S=S=S=S=S=S=S=S=S=S=S=S=S=S=S=S=S=S=S=S=S=S=S=S=S=S=S=S=S=S=S=S=S. The lowest BCUT2D eigenvalue weighted by molar-refractivity contribution is 0.125. The maximum Gasteiger partial charge on any atom is 0.127 e. The lowest BCUT2D eigenvalue weighted by Gasteiger charge is -2.44. The fourth-order valence-corrected chi connectivity index (χ4v) is 139. The van der Waals surface area contributed by atoms with Crippen LogP contribution in [0.15, 0.2) is 36.4 Å². The fourth-order valence-electron chi connectivity index (χ4n) is 6.89. The molecule has 1 nitrogen and oxygen atoms in total. The smallest absolute Gasteiger partial charge is 0.127 e. The summed E-state index contributed by atoms with van der Waals surface area (Å²) in [7, 11) is 89.4. The quantitative estimate of drug-likeness (QED) is 0.299. The van der Waals surface area contributed by atoms with Gasteiger partial charge in [0.1, 0.15) is 11.5 Å². The number of benzene rings is 2. The van der Waals surface area contributed by atoms with Crippen molar-refractivity contribution in [3.8, 4) is 11.5 Å². The third-order valence-corrected chi connectivity index (χ3v) is 121. The maximum absolute atomic E-state index is 6.49. The molecule has 480 valence electrons. The minimum absolute atomic E-state index is 0.0825. The fraction of sp³-hybridized carbons (Fsp3) is 0.600. The molecule has 4 rings (SSSR count). The second-order valence-corrected chi connectivity index (χ2v) is 105. The Hall–Kier alpha value is 9.68. The summed E-state index contributed by atoms with van der Waals surface area (Å²) in [5, 5.41) is 0. The zero-order chi connectivity index (χ0) is 60.8. The highest BCUT2D eigenvalue weighted by Crippen LogP contribution is 2.63. The second kappa shape index (κ2) is 51.8. The second-order valence-electron chi connectivity index (χ2n) is 16.7. The van der Waals surface area contributed by atoms with Crippen LogP contribution < -0.4 is 4.74 Å². The van der Waals surface area contributed by atoms with Gasteiger partial charge in [0.15, 0.2) is 0 Å². The Morgan fingerprint density at radius 3 is 0.518 bits per heavy atom. The molecule has 53 heteroatoms. The van der Waals surface area contributed by atoms with E-state index in [0.717, 1.165) is 11.5 Å². The molecule has 0 bridgehead atoms. The number of rotatable bonds is 2. The highest BCUT2D eigenvalue weighted by atomic mass is 33.5. The largest absolute Gasteiger partial charge is 0.457 e. The van der Waals surface area contributed by atoms with Gasteiger partial charge in [-0.2, -0.15) is 0 Å². The van der Waals surface area contributed by atoms with E-state index in [-0.39, 0.29) is 32.5 Å². The average molecular weight is 2090 g/mol. The zero-order valence-corrected chi connectivity index (χ0v) is 85.6. The molecule has 0 heterocycles.